The molecule has 22 aromatic rings. The lowest BCUT2D eigenvalue weighted by Crippen LogP contribution is -2.11. The Kier molecular flexibility index (Phi) is 22.3. The summed E-state index contributed by atoms with van der Waals surface area (Å²) in [4.78, 5) is 14.3. The van der Waals surface area contributed by atoms with Crippen molar-refractivity contribution in [2.75, 3.05) is 29.4 Å². The van der Waals surface area contributed by atoms with Gasteiger partial charge in [0.1, 0.15) is 0 Å². The lowest BCUT2D eigenvalue weighted by Gasteiger charge is -2.29. The predicted molar refractivity (Wildman–Crippen MR) is 571 cm³/mol. The summed E-state index contributed by atoms with van der Waals surface area (Å²) in [5.41, 5.74) is 35.8. The van der Waals surface area contributed by atoms with Crippen LogP contribution in [0.5, 0.6) is 0 Å². The fourth-order valence-corrected chi connectivity index (χ4v) is 19.5. The van der Waals surface area contributed by atoms with Gasteiger partial charge >= 0.3 is 0 Å². The van der Waals surface area contributed by atoms with Gasteiger partial charge in [-0.15, -0.1) is 0 Å². The molecule has 0 radical (unpaired) electrons. The van der Waals surface area contributed by atoms with Gasteiger partial charge in [0, 0.05) is 102 Å². The second-order valence-electron chi connectivity index (χ2n) is 34.8. The number of aryl methyl sites for hydroxylation is 4. The maximum atomic E-state index is 2.44. The van der Waals surface area contributed by atoms with Crippen LogP contribution < -0.4 is 29.4 Å². The minimum atomic E-state index is 1.06. The van der Waals surface area contributed by atoms with Crippen LogP contribution in [0.1, 0.15) is 22.3 Å². The van der Waals surface area contributed by atoms with Crippen LogP contribution in [0, 0.1) is 27.7 Å². The first-order chi connectivity index (χ1) is 66.1. The normalized spacial score (nSPS) is 11.3. The molecule has 0 spiro atoms. The summed E-state index contributed by atoms with van der Waals surface area (Å²) in [5, 5.41) is 9.61. The van der Waals surface area contributed by atoms with Gasteiger partial charge in [-0.25, -0.2) is 0 Å². The summed E-state index contributed by atoms with van der Waals surface area (Å²) in [5.74, 6) is 0. The number of fused-ring (bicyclic) bond motifs is 6. The van der Waals surface area contributed by atoms with Gasteiger partial charge in [-0.3, -0.25) is 0 Å². The van der Waals surface area contributed by atoms with E-state index in [1.165, 1.54) is 49.0 Å². The van der Waals surface area contributed by atoms with E-state index < -0.39 is 0 Å². The summed E-state index contributed by atoms with van der Waals surface area (Å²) < 4.78 is 0. The molecule has 0 saturated heterocycles. The topological polar surface area (TPSA) is 19.4 Å². The van der Waals surface area contributed by atoms with Gasteiger partial charge in [0.05, 0.1) is 11.4 Å². The first-order valence-corrected chi connectivity index (χ1v) is 46.1. The molecule has 0 aliphatic carbocycles. The molecule has 0 unspecified atom stereocenters. The Labute approximate surface area is 784 Å². The molecular weight excluding hydrogens is 1620 g/mol. The van der Waals surface area contributed by atoms with Crippen LogP contribution in [0.2, 0.25) is 0 Å². The maximum Gasteiger partial charge on any atom is 0.0546 e. The van der Waals surface area contributed by atoms with E-state index in [0.717, 1.165) is 174 Å². The van der Waals surface area contributed by atoms with Crippen molar-refractivity contribution in [3.63, 3.8) is 0 Å². The Balaban J connectivity index is 0.529. The molecule has 0 aliphatic rings. The quantitative estimate of drug-likeness (QED) is 0.0590. The molecule has 0 fully saturated rings. The number of nitrogens with zero attached hydrogens (tertiary/aromatic N) is 6. The third-order valence-electron chi connectivity index (χ3n) is 25.9. The molecule has 0 amide bonds. The number of anilines is 18. The minimum absolute atomic E-state index is 1.06. The monoisotopic (exact) mass is 1720 g/mol. The Morgan fingerprint density at radius 3 is 0.716 bits per heavy atom. The number of hydrogen-bond donors (Lipinski definition) is 0. The minimum Gasteiger partial charge on any atom is -0.311 e. The van der Waals surface area contributed by atoms with Crippen LogP contribution >= 0.6 is 0 Å². The van der Waals surface area contributed by atoms with Crippen molar-refractivity contribution >= 4 is 145 Å². The van der Waals surface area contributed by atoms with Crippen molar-refractivity contribution in [1.82, 2.24) is 0 Å². The van der Waals surface area contributed by atoms with E-state index >= 15 is 0 Å². The van der Waals surface area contributed by atoms with Gasteiger partial charge in [0.2, 0.25) is 0 Å². The highest BCUT2D eigenvalue weighted by Gasteiger charge is 2.26. The number of benzene rings is 22. The first-order valence-electron chi connectivity index (χ1n) is 46.1. The average Bonchev–Trinajstić information content (AvgIpc) is 0.737. The predicted octanol–water partition coefficient (Wildman–Crippen LogP) is 36.7. The van der Waals surface area contributed by atoms with E-state index in [2.05, 4.69) is 567 Å². The highest BCUT2D eigenvalue weighted by Crippen LogP contribution is 2.50. The van der Waals surface area contributed by atoms with Gasteiger partial charge in [-0.2, -0.15) is 0 Å². The molecule has 0 N–H and O–H groups in total. The number of para-hydroxylation sites is 4. The summed E-state index contributed by atoms with van der Waals surface area (Å²) in [6.45, 7) is 8.71. The zero-order valence-electron chi connectivity index (χ0n) is 75.2. The van der Waals surface area contributed by atoms with E-state index in [-0.39, 0.29) is 0 Å². The van der Waals surface area contributed by atoms with E-state index in [9.17, 15) is 0 Å². The van der Waals surface area contributed by atoms with Gasteiger partial charge in [0.15, 0.2) is 0 Å². The Hall–Kier alpha value is -17.3. The van der Waals surface area contributed by atoms with Crippen LogP contribution in [0.4, 0.5) is 102 Å². The molecule has 6 nitrogen and oxygen atoms in total. The molecule has 6 heteroatoms. The Morgan fingerprint density at radius 2 is 0.366 bits per heavy atom. The standard InChI is InChI=1S/C128H96N6/c1-89-27-23-40-116(82-89)131(117-41-24-28-90(2)83-117)112-73-57-97(58-74-112)95-53-69-110(70-54-95)129(104-32-9-5-10-33-104)108-65-49-93(50-66-108)94-51-67-109(68-52-94)130(105-34-11-6-12-35-105)111-71-55-96(56-72-111)98-59-75-113(76-60-98)132(118-42-25-29-91(3)84-118)119-85-92(4)81-103(86-119)122-47-26-48-125-127(88-102-31-18-20-44-121(102)128(122)125)134(107-38-15-8-16-39-107)115-79-63-100(64-80-115)99-61-77-114(78-62-99)133(106-36-13-7-14-37-106)126-87-101-30-17-19-43-120(101)123-45-21-22-46-124(123)126/h5-88H,1-4H3. The SMILES string of the molecule is Cc1cccc(N(c2ccc(-c3ccc(N(c4ccccc4)c4ccc(-c5ccc(N(c6ccccc6)c6ccc(-c7ccc(N(c8cccc(C)c8)c8cc(C)cc(-c9cccc%10c(N(c%11ccccc%11)c%11ccc(-c%12ccc(N(c%13ccccc%13)c%13cc%14ccccc%14c%14ccccc%13%14)cc%12)cc%11)cc%11ccccc%11c9%10)c8)cc7)cc6)cc5)cc4)cc3)cc2)c2cccc(C)c2)c1. The largest absolute Gasteiger partial charge is 0.311 e. The third-order valence-corrected chi connectivity index (χ3v) is 25.9. The molecule has 0 heterocycles. The molecule has 0 saturated carbocycles. The second kappa shape index (κ2) is 36.3. The molecule has 0 atom stereocenters. The second-order valence-corrected chi connectivity index (χ2v) is 34.8. The summed E-state index contributed by atoms with van der Waals surface area (Å²) in [6.07, 6.45) is 0. The average molecular weight is 1720 g/mol. The van der Waals surface area contributed by atoms with Gasteiger partial charge in [-0.1, -0.05) is 303 Å². The number of rotatable bonds is 23. The van der Waals surface area contributed by atoms with E-state index in [4.69, 9.17) is 0 Å². The van der Waals surface area contributed by atoms with Crippen molar-refractivity contribution in [3.8, 4) is 55.6 Å². The van der Waals surface area contributed by atoms with Crippen molar-refractivity contribution in [2.45, 2.75) is 27.7 Å². The Morgan fingerprint density at radius 1 is 0.127 bits per heavy atom. The molecule has 0 bridgehead atoms. The van der Waals surface area contributed by atoms with Crippen LogP contribution in [0.3, 0.4) is 0 Å². The highest BCUT2D eigenvalue weighted by atomic mass is 15.2. The highest BCUT2D eigenvalue weighted by molar-refractivity contribution is 6.20. The molecule has 0 aliphatic heterocycles. The van der Waals surface area contributed by atoms with Crippen LogP contribution in [-0.4, -0.2) is 0 Å². The van der Waals surface area contributed by atoms with Gasteiger partial charge in [-0.05, 0) is 344 Å². The van der Waals surface area contributed by atoms with Crippen molar-refractivity contribution in [3.05, 3.63) is 532 Å². The van der Waals surface area contributed by atoms with Gasteiger partial charge < -0.3 is 29.4 Å². The molecule has 22 aromatic carbocycles. The summed E-state index contributed by atoms with van der Waals surface area (Å²) in [6, 6.07) is 186. The summed E-state index contributed by atoms with van der Waals surface area (Å²) >= 11 is 0. The molecule has 0 aromatic heterocycles. The zero-order chi connectivity index (χ0) is 90.0. The van der Waals surface area contributed by atoms with Crippen molar-refractivity contribution < 1.29 is 0 Å². The lowest BCUT2D eigenvalue weighted by molar-refractivity contribution is 1.26. The lowest BCUT2D eigenvalue weighted by atomic mass is 9.91. The van der Waals surface area contributed by atoms with Gasteiger partial charge in [0.25, 0.3) is 0 Å². The fourth-order valence-electron chi connectivity index (χ4n) is 19.5. The van der Waals surface area contributed by atoms with Crippen LogP contribution in [0.15, 0.2) is 510 Å². The van der Waals surface area contributed by atoms with Crippen molar-refractivity contribution in [2.24, 2.45) is 0 Å². The van der Waals surface area contributed by atoms with Crippen LogP contribution in [-0.2, 0) is 0 Å². The smallest absolute Gasteiger partial charge is 0.0546 e. The first kappa shape index (κ1) is 82.4. The fraction of sp³-hybridized carbons (Fsp3) is 0.0312. The van der Waals surface area contributed by atoms with E-state index in [1.54, 1.807) is 0 Å². The van der Waals surface area contributed by atoms with Crippen LogP contribution in [0.25, 0.3) is 98.7 Å². The molecule has 134 heavy (non-hydrogen) atoms. The maximum absolute atomic E-state index is 2.44. The van der Waals surface area contributed by atoms with Crippen molar-refractivity contribution in [1.29, 1.82) is 0 Å². The van der Waals surface area contributed by atoms with E-state index in [0.29, 0.717) is 0 Å². The van der Waals surface area contributed by atoms with E-state index in [1.807, 2.05) is 0 Å². The molecule has 638 valence electrons. The summed E-state index contributed by atoms with van der Waals surface area (Å²) in [7, 11) is 0. The Bertz CT molecular complexity index is 7930. The zero-order valence-corrected chi connectivity index (χ0v) is 75.2. The third kappa shape index (κ3) is 16.5. The molecule has 22 rings (SSSR count). The number of hydrogen-bond acceptors (Lipinski definition) is 6. The molecular formula is C128H96N6.